The first kappa shape index (κ1) is 15.6. The molecule has 1 unspecified atom stereocenters. The molecule has 0 spiro atoms. The van der Waals surface area contributed by atoms with Gasteiger partial charge in [-0.25, -0.2) is 4.98 Å². The highest BCUT2D eigenvalue weighted by molar-refractivity contribution is 5.87. The highest BCUT2D eigenvalue weighted by Gasteiger charge is 2.51. The van der Waals surface area contributed by atoms with Crippen molar-refractivity contribution >= 4 is 5.91 Å². The van der Waals surface area contributed by atoms with Crippen molar-refractivity contribution in [3.8, 4) is 0 Å². The van der Waals surface area contributed by atoms with E-state index in [-0.39, 0.29) is 5.91 Å². The van der Waals surface area contributed by atoms with Gasteiger partial charge in [-0.1, -0.05) is 0 Å². The van der Waals surface area contributed by atoms with Crippen molar-refractivity contribution in [2.45, 2.75) is 24.9 Å². The lowest BCUT2D eigenvalue weighted by molar-refractivity contribution is -0.141. The number of imidazole rings is 1. The van der Waals surface area contributed by atoms with Gasteiger partial charge in [0.2, 0.25) is 5.91 Å². The van der Waals surface area contributed by atoms with Crippen LogP contribution in [0.25, 0.3) is 0 Å². The summed E-state index contributed by atoms with van der Waals surface area (Å²) in [6.45, 7) is 1.51. The van der Waals surface area contributed by atoms with Crippen molar-refractivity contribution < 1.29 is 4.79 Å². The van der Waals surface area contributed by atoms with Gasteiger partial charge < -0.3 is 9.47 Å². The second kappa shape index (κ2) is 6.08. The highest BCUT2D eigenvalue weighted by atomic mass is 16.2. The zero-order valence-corrected chi connectivity index (χ0v) is 13.8. The average molecular weight is 314 g/mol. The molecule has 7 heteroatoms. The van der Waals surface area contributed by atoms with Crippen LogP contribution in [0.3, 0.4) is 0 Å². The van der Waals surface area contributed by atoms with Gasteiger partial charge in [0.15, 0.2) is 0 Å². The SMILES string of the molecule is CN(C)C(=O)C1(c2cnccn2)CCCN1Cc1cncn1C. The highest BCUT2D eigenvalue weighted by Crippen LogP contribution is 2.40. The summed E-state index contributed by atoms with van der Waals surface area (Å²) in [5.41, 5.74) is 1.05. The number of likely N-dealkylation sites (N-methyl/N-ethyl adjacent to an activating group) is 1. The molecular weight excluding hydrogens is 292 g/mol. The van der Waals surface area contributed by atoms with Gasteiger partial charge >= 0.3 is 0 Å². The third-order valence-corrected chi connectivity index (χ3v) is 4.52. The quantitative estimate of drug-likeness (QED) is 0.835. The van der Waals surface area contributed by atoms with Gasteiger partial charge in [-0.2, -0.15) is 0 Å². The fourth-order valence-electron chi connectivity index (χ4n) is 3.35. The molecule has 1 aliphatic heterocycles. The maximum atomic E-state index is 13.1. The molecule has 122 valence electrons. The Labute approximate surface area is 136 Å². The zero-order valence-electron chi connectivity index (χ0n) is 13.8. The van der Waals surface area contributed by atoms with Crippen LogP contribution < -0.4 is 0 Å². The molecule has 0 N–H and O–H groups in total. The van der Waals surface area contributed by atoms with Crippen LogP contribution in [0.15, 0.2) is 31.1 Å². The molecule has 3 heterocycles. The smallest absolute Gasteiger partial charge is 0.248 e. The molecule has 1 amide bonds. The number of hydrogen-bond acceptors (Lipinski definition) is 5. The number of likely N-dealkylation sites (tertiary alicyclic amines) is 1. The van der Waals surface area contributed by atoms with E-state index in [9.17, 15) is 4.79 Å². The fourth-order valence-corrected chi connectivity index (χ4v) is 3.35. The largest absolute Gasteiger partial charge is 0.347 e. The third-order valence-electron chi connectivity index (χ3n) is 4.52. The van der Waals surface area contributed by atoms with Crippen molar-refractivity contribution in [3.63, 3.8) is 0 Å². The first-order valence-corrected chi connectivity index (χ1v) is 7.74. The van der Waals surface area contributed by atoms with Crippen molar-refractivity contribution in [1.29, 1.82) is 0 Å². The van der Waals surface area contributed by atoms with Gasteiger partial charge in [0.05, 0.1) is 23.9 Å². The van der Waals surface area contributed by atoms with Crippen molar-refractivity contribution in [2.24, 2.45) is 7.05 Å². The Balaban J connectivity index is 2.03. The summed E-state index contributed by atoms with van der Waals surface area (Å²) in [5, 5.41) is 0. The number of rotatable bonds is 4. The number of carbonyl (C=O) groups excluding carboxylic acids is 1. The van der Waals surface area contributed by atoms with Crippen LogP contribution >= 0.6 is 0 Å². The first-order chi connectivity index (χ1) is 11.1. The number of hydrogen-bond donors (Lipinski definition) is 0. The van der Waals surface area contributed by atoms with Gasteiger partial charge in [-0.05, 0) is 12.8 Å². The monoisotopic (exact) mass is 314 g/mol. The van der Waals surface area contributed by atoms with Crippen molar-refractivity contribution in [2.75, 3.05) is 20.6 Å². The molecule has 0 radical (unpaired) electrons. The molecule has 7 nitrogen and oxygen atoms in total. The summed E-state index contributed by atoms with van der Waals surface area (Å²) in [6, 6.07) is 0. The molecule has 2 aromatic rings. The summed E-state index contributed by atoms with van der Waals surface area (Å²) >= 11 is 0. The van der Waals surface area contributed by atoms with Gasteiger partial charge in [0, 0.05) is 52.8 Å². The maximum absolute atomic E-state index is 13.1. The van der Waals surface area contributed by atoms with Crippen molar-refractivity contribution in [3.05, 3.63) is 42.5 Å². The molecule has 0 aromatic carbocycles. The van der Waals surface area contributed by atoms with E-state index in [1.54, 1.807) is 43.9 Å². The van der Waals surface area contributed by atoms with Crippen LogP contribution in [0.5, 0.6) is 0 Å². The molecule has 1 atom stereocenters. The summed E-state index contributed by atoms with van der Waals surface area (Å²) < 4.78 is 1.99. The topological polar surface area (TPSA) is 67.2 Å². The van der Waals surface area contributed by atoms with Gasteiger partial charge in [0.1, 0.15) is 5.54 Å². The van der Waals surface area contributed by atoms with Crippen LogP contribution in [-0.2, 0) is 23.9 Å². The first-order valence-electron chi connectivity index (χ1n) is 7.74. The molecule has 1 saturated heterocycles. The Morgan fingerprint density at radius 3 is 2.74 bits per heavy atom. The summed E-state index contributed by atoms with van der Waals surface area (Å²) in [7, 11) is 5.55. The number of carbonyl (C=O) groups is 1. The predicted octanol–water partition coefficient (Wildman–Crippen LogP) is 0.790. The summed E-state index contributed by atoms with van der Waals surface area (Å²) in [6.07, 6.45) is 10.3. The van der Waals surface area contributed by atoms with Crippen LogP contribution in [0, 0.1) is 0 Å². The Morgan fingerprint density at radius 1 is 1.30 bits per heavy atom. The number of aromatic nitrogens is 4. The normalized spacial score (nSPS) is 21.5. The third kappa shape index (κ3) is 2.61. The lowest BCUT2D eigenvalue weighted by atomic mass is 9.90. The second-order valence-electron chi connectivity index (χ2n) is 6.17. The molecular formula is C16H22N6O. The molecule has 3 rings (SSSR count). The van der Waals surface area contributed by atoms with Gasteiger partial charge in [0.25, 0.3) is 0 Å². The maximum Gasteiger partial charge on any atom is 0.248 e. The number of nitrogens with zero attached hydrogens (tertiary/aromatic N) is 6. The predicted molar refractivity (Wildman–Crippen MR) is 85.3 cm³/mol. The molecule has 1 aliphatic rings. The van der Waals surface area contributed by atoms with Gasteiger partial charge in [-0.3, -0.25) is 19.7 Å². The lowest BCUT2D eigenvalue weighted by Gasteiger charge is -2.38. The van der Waals surface area contributed by atoms with E-state index >= 15 is 0 Å². The van der Waals surface area contributed by atoms with Crippen LogP contribution in [-0.4, -0.2) is 55.9 Å². The van der Waals surface area contributed by atoms with Crippen LogP contribution in [0.1, 0.15) is 24.2 Å². The van der Waals surface area contributed by atoms with Crippen molar-refractivity contribution in [1.82, 2.24) is 29.3 Å². The number of amides is 1. The zero-order chi connectivity index (χ0) is 16.4. The lowest BCUT2D eigenvalue weighted by Crippen LogP contribution is -2.53. The van der Waals surface area contributed by atoms with Crippen LogP contribution in [0.2, 0.25) is 0 Å². The van der Waals surface area contributed by atoms with E-state index in [2.05, 4.69) is 19.9 Å². The van der Waals surface area contributed by atoms with E-state index in [0.717, 1.165) is 30.8 Å². The Hall–Kier alpha value is -2.28. The minimum atomic E-state index is -0.748. The molecule has 23 heavy (non-hydrogen) atoms. The average Bonchev–Trinajstić information content (AvgIpc) is 3.15. The van der Waals surface area contributed by atoms with E-state index in [1.165, 1.54) is 0 Å². The van der Waals surface area contributed by atoms with E-state index in [0.29, 0.717) is 6.54 Å². The molecule has 2 aromatic heterocycles. The minimum Gasteiger partial charge on any atom is -0.347 e. The Bertz CT molecular complexity index is 683. The fraction of sp³-hybridized carbons (Fsp3) is 0.500. The van der Waals surface area contributed by atoms with Crippen LogP contribution in [0.4, 0.5) is 0 Å². The second-order valence-corrected chi connectivity index (χ2v) is 6.17. The molecule has 1 fully saturated rings. The van der Waals surface area contributed by atoms with E-state index in [1.807, 2.05) is 17.8 Å². The van der Waals surface area contributed by atoms with E-state index < -0.39 is 5.54 Å². The molecule has 0 saturated carbocycles. The summed E-state index contributed by atoms with van der Waals surface area (Å²) in [5.74, 6) is 0.0534. The van der Waals surface area contributed by atoms with Gasteiger partial charge in [-0.15, -0.1) is 0 Å². The number of aryl methyl sites for hydroxylation is 1. The van der Waals surface area contributed by atoms with E-state index in [4.69, 9.17) is 0 Å². The summed E-state index contributed by atoms with van der Waals surface area (Å²) in [4.78, 5) is 29.8. The molecule has 0 aliphatic carbocycles. The standard InChI is InChI=1S/C16H22N6O/c1-20(2)15(23)16(14-10-17-6-7-19-14)5-4-8-22(16)11-13-9-18-12-21(13)3/h6-7,9-10,12H,4-5,8,11H2,1-3H3. The molecule has 0 bridgehead atoms. The minimum absolute atomic E-state index is 0.0534. The Kier molecular flexibility index (Phi) is 4.12. The Morgan fingerprint density at radius 2 is 2.13 bits per heavy atom.